The SMILES string of the molecule is CCNC(=O)C(N)CC(=O)c1ccccc1N. The molecule has 0 saturated carbocycles. The van der Waals surface area contributed by atoms with Gasteiger partial charge >= 0.3 is 0 Å². The fourth-order valence-electron chi connectivity index (χ4n) is 1.46. The molecule has 1 atom stereocenters. The molecular weight excluding hydrogens is 218 g/mol. The van der Waals surface area contributed by atoms with E-state index < -0.39 is 6.04 Å². The van der Waals surface area contributed by atoms with Crippen molar-refractivity contribution in [3.63, 3.8) is 0 Å². The second-order valence-electron chi connectivity index (χ2n) is 3.72. The molecule has 0 fully saturated rings. The minimum Gasteiger partial charge on any atom is -0.398 e. The van der Waals surface area contributed by atoms with E-state index in [0.29, 0.717) is 17.8 Å². The van der Waals surface area contributed by atoms with Crippen LogP contribution in [0.1, 0.15) is 23.7 Å². The Labute approximate surface area is 100 Å². The third-order valence-corrected chi connectivity index (χ3v) is 2.35. The number of hydrogen-bond acceptors (Lipinski definition) is 4. The highest BCUT2D eigenvalue weighted by Crippen LogP contribution is 2.13. The number of nitrogens with two attached hydrogens (primary N) is 2. The molecule has 0 heterocycles. The number of carbonyl (C=O) groups excluding carboxylic acids is 2. The highest BCUT2D eigenvalue weighted by atomic mass is 16.2. The molecule has 5 nitrogen and oxygen atoms in total. The third kappa shape index (κ3) is 3.57. The van der Waals surface area contributed by atoms with Crippen LogP contribution in [0.3, 0.4) is 0 Å². The Bertz CT molecular complexity index is 418. The summed E-state index contributed by atoms with van der Waals surface area (Å²) in [6.45, 7) is 2.29. The van der Waals surface area contributed by atoms with E-state index >= 15 is 0 Å². The molecule has 5 N–H and O–H groups in total. The molecule has 1 aromatic carbocycles. The largest absolute Gasteiger partial charge is 0.398 e. The van der Waals surface area contributed by atoms with Crippen LogP contribution in [-0.4, -0.2) is 24.3 Å². The Hall–Kier alpha value is -1.88. The molecule has 92 valence electrons. The molecule has 0 aliphatic heterocycles. The maximum atomic E-state index is 11.8. The minimum atomic E-state index is -0.831. The molecule has 0 aliphatic rings. The Kier molecular flexibility index (Phi) is 4.66. The summed E-state index contributed by atoms with van der Waals surface area (Å²) in [6, 6.07) is 5.91. The van der Waals surface area contributed by atoms with Crippen LogP contribution >= 0.6 is 0 Å². The van der Waals surface area contributed by atoms with Crippen LogP contribution in [0.5, 0.6) is 0 Å². The molecule has 0 bridgehead atoms. The number of likely N-dealkylation sites (N-methyl/N-ethyl adjacent to an activating group) is 1. The van der Waals surface area contributed by atoms with Gasteiger partial charge in [0.25, 0.3) is 0 Å². The van der Waals surface area contributed by atoms with Crippen LogP contribution in [-0.2, 0) is 4.79 Å². The first kappa shape index (κ1) is 13.2. The number of nitrogens with one attached hydrogen (secondary N) is 1. The molecule has 1 amide bonds. The average molecular weight is 235 g/mol. The lowest BCUT2D eigenvalue weighted by molar-refractivity contribution is -0.122. The monoisotopic (exact) mass is 235 g/mol. The van der Waals surface area contributed by atoms with E-state index in [-0.39, 0.29) is 18.1 Å². The van der Waals surface area contributed by atoms with Gasteiger partial charge in [-0.2, -0.15) is 0 Å². The van der Waals surface area contributed by atoms with Gasteiger partial charge in [-0.3, -0.25) is 9.59 Å². The van der Waals surface area contributed by atoms with Crippen LogP contribution in [0, 0.1) is 0 Å². The zero-order chi connectivity index (χ0) is 12.8. The summed E-state index contributed by atoms with van der Waals surface area (Å²) in [5.74, 6) is -0.544. The van der Waals surface area contributed by atoms with Gasteiger partial charge in [-0.25, -0.2) is 0 Å². The van der Waals surface area contributed by atoms with Gasteiger partial charge in [-0.05, 0) is 19.1 Å². The smallest absolute Gasteiger partial charge is 0.237 e. The Morgan fingerprint density at radius 2 is 2.00 bits per heavy atom. The van der Waals surface area contributed by atoms with Crippen molar-refractivity contribution in [2.24, 2.45) is 5.73 Å². The van der Waals surface area contributed by atoms with Crippen LogP contribution in [0.2, 0.25) is 0 Å². The molecule has 1 aromatic rings. The minimum absolute atomic E-state index is 0.0416. The molecule has 1 rings (SSSR count). The Morgan fingerprint density at radius 3 is 2.59 bits per heavy atom. The number of carbonyl (C=O) groups is 2. The molecule has 0 spiro atoms. The summed E-state index contributed by atoms with van der Waals surface area (Å²) in [7, 11) is 0. The first-order chi connectivity index (χ1) is 8.06. The highest BCUT2D eigenvalue weighted by Gasteiger charge is 2.18. The molecule has 0 aliphatic carbocycles. The van der Waals surface area contributed by atoms with E-state index in [0.717, 1.165) is 0 Å². The zero-order valence-electron chi connectivity index (χ0n) is 9.77. The number of ketones is 1. The van der Waals surface area contributed by atoms with Crippen molar-refractivity contribution in [3.05, 3.63) is 29.8 Å². The van der Waals surface area contributed by atoms with E-state index in [1.807, 2.05) is 0 Å². The maximum absolute atomic E-state index is 11.8. The summed E-state index contributed by atoms with van der Waals surface area (Å²) in [6.07, 6.45) is -0.0416. The first-order valence-electron chi connectivity index (χ1n) is 5.47. The van der Waals surface area contributed by atoms with Crippen molar-refractivity contribution in [2.45, 2.75) is 19.4 Å². The summed E-state index contributed by atoms with van der Waals surface area (Å²) in [5, 5.41) is 2.57. The van der Waals surface area contributed by atoms with Crippen molar-refractivity contribution in [2.75, 3.05) is 12.3 Å². The predicted octanol–water partition coefficient (Wildman–Crippen LogP) is 0.305. The van der Waals surface area contributed by atoms with E-state index in [2.05, 4.69) is 5.32 Å². The van der Waals surface area contributed by atoms with Crippen molar-refractivity contribution >= 4 is 17.4 Å². The lowest BCUT2D eigenvalue weighted by atomic mass is 10.0. The van der Waals surface area contributed by atoms with E-state index in [9.17, 15) is 9.59 Å². The molecular formula is C12H17N3O2. The number of benzene rings is 1. The lowest BCUT2D eigenvalue weighted by Crippen LogP contribution is -2.41. The van der Waals surface area contributed by atoms with Crippen LogP contribution in [0.25, 0.3) is 0 Å². The Balaban J connectivity index is 2.67. The lowest BCUT2D eigenvalue weighted by Gasteiger charge is -2.11. The number of hydrogen-bond donors (Lipinski definition) is 3. The van der Waals surface area contributed by atoms with Crippen LogP contribution in [0.15, 0.2) is 24.3 Å². The summed E-state index contributed by atoms with van der Waals surface area (Å²) < 4.78 is 0. The number of para-hydroxylation sites is 1. The van der Waals surface area contributed by atoms with Gasteiger partial charge in [-0.15, -0.1) is 0 Å². The van der Waals surface area contributed by atoms with E-state index in [4.69, 9.17) is 11.5 Å². The van der Waals surface area contributed by atoms with Gasteiger partial charge in [-0.1, -0.05) is 12.1 Å². The van der Waals surface area contributed by atoms with Gasteiger partial charge in [0.15, 0.2) is 5.78 Å². The van der Waals surface area contributed by atoms with Crippen molar-refractivity contribution in [1.29, 1.82) is 0 Å². The number of anilines is 1. The molecule has 0 radical (unpaired) electrons. The number of nitrogen functional groups attached to an aromatic ring is 1. The molecule has 0 aromatic heterocycles. The molecule has 1 unspecified atom stereocenters. The number of Topliss-reactive ketones (excluding diaryl/α,β-unsaturated/α-hetero) is 1. The summed E-state index contributed by atoms with van der Waals surface area (Å²) in [4.78, 5) is 23.2. The number of amides is 1. The quantitative estimate of drug-likeness (QED) is 0.505. The maximum Gasteiger partial charge on any atom is 0.237 e. The van der Waals surface area contributed by atoms with Crippen LogP contribution < -0.4 is 16.8 Å². The van der Waals surface area contributed by atoms with Gasteiger partial charge < -0.3 is 16.8 Å². The van der Waals surface area contributed by atoms with E-state index in [1.165, 1.54) is 0 Å². The molecule has 5 heteroatoms. The molecule has 17 heavy (non-hydrogen) atoms. The second-order valence-corrected chi connectivity index (χ2v) is 3.72. The van der Waals surface area contributed by atoms with E-state index in [1.54, 1.807) is 31.2 Å². The van der Waals surface area contributed by atoms with Crippen LogP contribution in [0.4, 0.5) is 5.69 Å². The number of rotatable bonds is 5. The van der Waals surface area contributed by atoms with Gasteiger partial charge in [0.2, 0.25) is 5.91 Å². The van der Waals surface area contributed by atoms with Crippen molar-refractivity contribution in [1.82, 2.24) is 5.32 Å². The summed E-state index contributed by atoms with van der Waals surface area (Å²) >= 11 is 0. The van der Waals surface area contributed by atoms with Gasteiger partial charge in [0.1, 0.15) is 0 Å². The molecule has 0 saturated heterocycles. The summed E-state index contributed by atoms with van der Waals surface area (Å²) in [5.41, 5.74) is 12.1. The fourth-order valence-corrected chi connectivity index (χ4v) is 1.46. The van der Waals surface area contributed by atoms with Crippen molar-refractivity contribution in [3.8, 4) is 0 Å². The topological polar surface area (TPSA) is 98.2 Å². The average Bonchev–Trinajstić information content (AvgIpc) is 2.29. The second kappa shape index (κ2) is 6.00. The van der Waals surface area contributed by atoms with Gasteiger partial charge in [0, 0.05) is 24.2 Å². The van der Waals surface area contributed by atoms with Crippen molar-refractivity contribution < 1.29 is 9.59 Å². The standard InChI is InChI=1S/C12H17N3O2/c1-2-15-12(17)10(14)7-11(16)8-5-3-4-6-9(8)13/h3-6,10H,2,7,13-14H2,1H3,(H,15,17). The predicted molar refractivity (Wildman–Crippen MR) is 66.5 cm³/mol. The van der Waals surface area contributed by atoms with Gasteiger partial charge in [0.05, 0.1) is 6.04 Å². The first-order valence-corrected chi connectivity index (χ1v) is 5.47. The highest BCUT2D eigenvalue weighted by molar-refractivity contribution is 6.03. The zero-order valence-corrected chi connectivity index (χ0v) is 9.77. The third-order valence-electron chi connectivity index (χ3n) is 2.35. The fraction of sp³-hybridized carbons (Fsp3) is 0.333. The Morgan fingerprint density at radius 1 is 1.35 bits per heavy atom. The normalized spacial score (nSPS) is 11.9.